The zero-order valence-corrected chi connectivity index (χ0v) is 20.9. The van der Waals surface area contributed by atoms with Crippen molar-refractivity contribution >= 4 is 10.8 Å². The van der Waals surface area contributed by atoms with Gasteiger partial charge in [0, 0.05) is 21.1 Å². The van der Waals surface area contributed by atoms with Gasteiger partial charge in [-0.25, -0.2) is 0 Å². The molecule has 0 bridgehead atoms. The average molecular weight is 518 g/mol. The van der Waals surface area contributed by atoms with E-state index in [4.69, 9.17) is 0 Å². The first-order valence-electron chi connectivity index (χ1n) is 9.38. The summed E-state index contributed by atoms with van der Waals surface area (Å²) in [6, 6.07) is 16.7. The van der Waals surface area contributed by atoms with Crippen LogP contribution in [0.25, 0.3) is 10.8 Å². The van der Waals surface area contributed by atoms with Crippen molar-refractivity contribution in [1.29, 1.82) is 0 Å². The molecule has 1 heteroatoms. The number of benzene rings is 2. The van der Waals surface area contributed by atoms with Gasteiger partial charge in [-0.2, -0.15) is 0 Å². The Hall–Kier alpha value is -0.612. The van der Waals surface area contributed by atoms with Crippen LogP contribution < -0.4 is 0 Å². The van der Waals surface area contributed by atoms with Gasteiger partial charge >= 0.3 is 0 Å². The smallest absolute Gasteiger partial charge is 0 e. The van der Waals surface area contributed by atoms with Crippen molar-refractivity contribution in [3.05, 3.63) is 48.5 Å². The normalized spacial score (nSPS) is 8.08. The number of rotatable bonds is 0. The fourth-order valence-electron chi connectivity index (χ4n) is 1.13. The summed E-state index contributed by atoms with van der Waals surface area (Å²) in [7, 11) is 0. The molecule has 0 radical (unpaired) electrons. The van der Waals surface area contributed by atoms with Crippen LogP contribution in [0.2, 0.25) is 0 Å². The van der Waals surface area contributed by atoms with Crippen molar-refractivity contribution in [2.24, 2.45) is 5.41 Å². The van der Waals surface area contributed by atoms with Gasteiger partial charge in [0.1, 0.15) is 0 Å². The quantitative estimate of drug-likeness (QED) is 0.326. The summed E-state index contributed by atoms with van der Waals surface area (Å²) in [6.45, 7) is 21.2. The van der Waals surface area contributed by atoms with Gasteiger partial charge in [-0.3, -0.25) is 0 Å². The summed E-state index contributed by atoms with van der Waals surface area (Å²) < 4.78 is 0. The Morgan fingerprint density at radius 1 is 0.640 bits per heavy atom. The fraction of sp³-hybridized carbons (Fsp3) is 0.583. The van der Waals surface area contributed by atoms with Crippen molar-refractivity contribution in [1.82, 2.24) is 0 Å². The minimum atomic E-state index is 0. The molecule has 2 aromatic rings. The monoisotopic (exact) mass is 518 g/mol. The molecule has 0 amide bonds. The predicted octanol–water partition coefficient (Wildman–Crippen LogP) is 9.38. The summed E-state index contributed by atoms with van der Waals surface area (Å²) in [5, 5.41) is 2.62. The molecule has 0 N–H and O–H groups in total. The van der Waals surface area contributed by atoms with E-state index in [1.165, 1.54) is 23.6 Å². The Morgan fingerprint density at radius 3 is 0.920 bits per heavy atom. The van der Waals surface area contributed by atoms with Crippen LogP contribution in [0.5, 0.6) is 0 Å². The van der Waals surface area contributed by atoms with E-state index < -0.39 is 0 Å². The van der Waals surface area contributed by atoms with E-state index in [1.54, 1.807) is 0 Å². The van der Waals surface area contributed by atoms with Crippen LogP contribution in [0.3, 0.4) is 0 Å². The Morgan fingerprint density at radius 2 is 0.800 bits per heavy atom. The second kappa shape index (κ2) is 25.6. The summed E-state index contributed by atoms with van der Waals surface area (Å²) in [5.74, 6) is 0. The molecule has 2 aromatic carbocycles. The molecule has 0 heterocycles. The molecule has 0 aliphatic carbocycles. The van der Waals surface area contributed by atoms with Gasteiger partial charge in [-0.05, 0) is 16.2 Å². The molecule has 148 valence electrons. The predicted molar refractivity (Wildman–Crippen MR) is 119 cm³/mol. The largest absolute Gasteiger partial charge is 0.0776 e. The maximum Gasteiger partial charge on any atom is 0 e. The topological polar surface area (TPSA) is 0 Å². The van der Waals surface area contributed by atoms with E-state index >= 15 is 0 Å². The molecule has 0 unspecified atom stereocenters. The minimum Gasteiger partial charge on any atom is -0.0776 e. The molecular formula is C24H46W. The third-order valence-corrected chi connectivity index (χ3v) is 2.72. The van der Waals surface area contributed by atoms with E-state index in [1.807, 2.05) is 27.7 Å². The van der Waals surface area contributed by atoms with Crippen molar-refractivity contribution in [3.63, 3.8) is 0 Å². The molecule has 0 aliphatic rings. The average Bonchev–Trinajstić information content (AvgIpc) is 2.59. The van der Waals surface area contributed by atoms with Gasteiger partial charge in [0.2, 0.25) is 0 Å². The summed E-state index contributed by atoms with van der Waals surface area (Å²) in [6.07, 6.45) is 2.52. The van der Waals surface area contributed by atoms with Crippen LogP contribution in [0.15, 0.2) is 48.5 Å². The van der Waals surface area contributed by atoms with Gasteiger partial charge in [0.15, 0.2) is 0 Å². The van der Waals surface area contributed by atoms with Crippen molar-refractivity contribution in [3.8, 4) is 0 Å². The van der Waals surface area contributed by atoms with Gasteiger partial charge in [-0.1, -0.05) is 138 Å². The van der Waals surface area contributed by atoms with Crippen molar-refractivity contribution in [2.75, 3.05) is 0 Å². The molecule has 0 nitrogen and oxygen atoms in total. The zero-order valence-electron chi connectivity index (χ0n) is 17.9. The first kappa shape index (κ1) is 35.5. The second-order valence-electron chi connectivity index (χ2n) is 5.97. The van der Waals surface area contributed by atoms with E-state index in [0.29, 0.717) is 5.41 Å². The van der Waals surface area contributed by atoms with Crippen LogP contribution in [0.1, 0.15) is 89.5 Å². The molecular weight excluding hydrogens is 472 g/mol. The minimum absolute atomic E-state index is 0. The van der Waals surface area contributed by atoms with Crippen molar-refractivity contribution in [2.45, 2.75) is 89.5 Å². The SMILES string of the molecule is C.CC.CC.CCC.CCC(C)(C)C.[W].c1ccc2ccccc2c1. The molecule has 0 spiro atoms. The molecule has 0 fully saturated rings. The Bertz CT molecular complexity index is 376. The summed E-state index contributed by atoms with van der Waals surface area (Å²) in [4.78, 5) is 0. The van der Waals surface area contributed by atoms with Crippen LogP contribution in [-0.2, 0) is 21.1 Å². The van der Waals surface area contributed by atoms with Gasteiger partial charge in [0.05, 0.1) is 0 Å². The Labute approximate surface area is 175 Å². The molecule has 0 atom stereocenters. The molecule has 25 heavy (non-hydrogen) atoms. The van der Waals surface area contributed by atoms with Crippen LogP contribution in [0, 0.1) is 5.41 Å². The van der Waals surface area contributed by atoms with Crippen LogP contribution >= 0.6 is 0 Å². The summed E-state index contributed by atoms with van der Waals surface area (Å²) in [5.41, 5.74) is 0.542. The second-order valence-corrected chi connectivity index (χ2v) is 5.97. The van der Waals surface area contributed by atoms with Crippen molar-refractivity contribution < 1.29 is 21.1 Å². The molecule has 0 aromatic heterocycles. The van der Waals surface area contributed by atoms with E-state index in [-0.39, 0.29) is 28.5 Å². The van der Waals surface area contributed by atoms with Crippen LogP contribution in [-0.4, -0.2) is 0 Å². The maximum atomic E-state index is 2.24. The third kappa shape index (κ3) is 25.7. The fourth-order valence-corrected chi connectivity index (χ4v) is 1.13. The molecule has 0 saturated heterocycles. The van der Waals surface area contributed by atoms with E-state index in [0.717, 1.165) is 0 Å². The van der Waals surface area contributed by atoms with Crippen LogP contribution in [0.4, 0.5) is 0 Å². The van der Waals surface area contributed by atoms with E-state index in [2.05, 4.69) is 90.1 Å². The van der Waals surface area contributed by atoms with E-state index in [9.17, 15) is 0 Å². The first-order valence-corrected chi connectivity index (χ1v) is 9.38. The summed E-state index contributed by atoms with van der Waals surface area (Å²) >= 11 is 0. The van der Waals surface area contributed by atoms with Gasteiger partial charge < -0.3 is 0 Å². The van der Waals surface area contributed by atoms with Gasteiger partial charge in [-0.15, -0.1) is 0 Å². The van der Waals surface area contributed by atoms with Gasteiger partial charge in [0.25, 0.3) is 0 Å². The third-order valence-electron chi connectivity index (χ3n) is 2.72. The zero-order chi connectivity index (χ0) is 18.7. The maximum absolute atomic E-state index is 2.24. The molecule has 0 saturated carbocycles. The standard InChI is InChI=1S/C10H8.C6H14.C3H8.2C2H6.CH4.W/c1-2-6-10-8-4-3-7-9(10)5-1;1-5-6(2,3)4;1-3-2;2*1-2;;/h1-8H;5H2,1-4H3;3H2,1-2H3;2*1-2H3;1H4;. The molecule has 0 aliphatic heterocycles. The number of hydrogen-bond donors (Lipinski definition) is 0. The Kier molecular flexibility index (Phi) is 36.4. The molecule has 2 rings (SSSR count). The number of hydrogen-bond acceptors (Lipinski definition) is 0. The first-order chi connectivity index (χ1) is 10.9. The number of fused-ring (bicyclic) bond motifs is 1. The Balaban J connectivity index is -0.0000000783.